The van der Waals surface area contributed by atoms with Crippen molar-refractivity contribution in [2.45, 2.75) is 30.5 Å². The minimum Gasteiger partial charge on any atom is -0.436 e. The molecule has 0 aliphatic heterocycles. The van der Waals surface area contributed by atoms with Gasteiger partial charge >= 0.3 is 0 Å². The van der Waals surface area contributed by atoms with Gasteiger partial charge in [-0.1, -0.05) is 17.7 Å². The van der Waals surface area contributed by atoms with E-state index in [0.717, 1.165) is 33.5 Å². The smallest absolute Gasteiger partial charge is 0.261 e. The van der Waals surface area contributed by atoms with Crippen LogP contribution in [0.4, 0.5) is 0 Å². The van der Waals surface area contributed by atoms with Crippen LogP contribution in [0, 0.1) is 13.8 Å². The van der Waals surface area contributed by atoms with Crippen LogP contribution < -0.4 is 5.32 Å². The molecule has 18 heavy (non-hydrogen) atoms. The van der Waals surface area contributed by atoms with E-state index >= 15 is 0 Å². The van der Waals surface area contributed by atoms with Crippen LogP contribution in [-0.4, -0.2) is 12.0 Å². The Hall–Kier alpha value is -0.970. The molecule has 0 amide bonds. The topological polar surface area (TPSA) is 38.1 Å². The molecule has 0 aliphatic rings. The fourth-order valence-corrected chi connectivity index (χ4v) is 2.67. The number of aryl methyl sites for hydroxylation is 2. The van der Waals surface area contributed by atoms with E-state index in [0.29, 0.717) is 5.22 Å². The van der Waals surface area contributed by atoms with Crippen molar-refractivity contribution in [3.8, 4) is 0 Å². The summed E-state index contributed by atoms with van der Waals surface area (Å²) in [6.45, 7) is 4.65. The molecule has 0 unspecified atom stereocenters. The number of hydrogen-bond acceptors (Lipinski definition) is 4. The first kappa shape index (κ1) is 13.5. The van der Waals surface area contributed by atoms with Gasteiger partial charge in [-0.2, -0.15) is 0 Å². The average Bonchev–Trinajstić information content (AvgIpc) is 2.62. The number of halogens is 1. The highest BCUT2D eigenvalue weighted by molar-refractivity contribution is 7.99. The first-order valence-corrected chi connectivity index (χ1v) is 6.84. The van der Waals surface area contributed by atoms with Crippen molar-refractivity contribution >= 4 is 23.4 Å². The predicted octanol–water partition coefficient (Wildman–Crippen LogP) is 3.82. The molecule has 0 saturated heterocycles. The molecule has 1 N–H and O–H groups in total. The predicted molar refractivity (Wildman–Crippen MR) is 74.3 cm³/mol. The second-order valence-electron chi connectivity index (χ2n) is 4.02. The maximum atomic E-state index is 6.24. The third-order valence-electron chi connectivity index (χ3n) is 2.58. The van der Waals surface area contributed by atoms with E-state index in [-0.39, 0.29) is 0 Å². The Kier molecular flexibility index (Phi) is 4.32. The second kappa shape index (κ2) is 5.78. The SMILES string of the molecule is CNCc1ccc(Sc2nc(C)c(C)o2)c(Cl)c1. The third-order valence-corrected chi connectivity index (χ3v) is 3.93. The first-order valence-electron chi connectivity index (χ1n) is 5.65. The van der Waals surface area contributed by atoms with Crippen molar-refractivity contribution in [3.63, 3.8) is 0 Å². The maximum absolute atomic E-state index is 6.24. The first-order chi connectivity index (χ1) is 8.60. The van der Waals surface area contributed by atoms with Crippen molar-refractivity contribution in [1.82, 2.24) is 10.3 Å². The van der Waals surface area contributed by atoms with Crippen molar-refractivity contribution in [1.29, 1.82) is 0 Å². The van der Waals surface area contributed by atoms with E-state index < -0.39 is 0 Å². The maximum Gasteiger partial charge on any atom is 0.261 e. The molecule has 96 valence electrons. The number of aromatic nitrogens is 1. The van der Waals surface area contributed by atoms with Crippen LogP contribution >= 0.6 is 23.4 Å². The molecule has 1 aromatic heterocycles. The molecule has 3 nitrogen and oxygen atoms in total. The monoisotopic (exact) mass is 282 g/mol. The highest BCUT2D eigenvalue weighted by Crippen LogP contribution is 2.34. The summed E-state index contributed by atoms with van der Waals surface area (Å²) in [5.74, 6) is 0.848. The summed E-state index contributed by atoms with van der Waals surface area (Å²) < 4.78 is 5.53. The normalized spacial score (nSPS) is 10.9. The van der Waals surface area contributed by atoms with Gasteiger partial charge in [-0.3, -0.25) is 0 Å². The molecule has 2 rings (SSSR count). The lowest BCUT2D eigenvalue weighted by molar-refractivity contribution is 0.431. The van der Waals surface area contributed by atoms with Crippen LogP contribution in [-0.2, 0) is 6.54 Å². The van der Waals surface area contributed by atoms with E-state index in [1.807, 2.05) is 39.1 Å². The molecule has 0 saturated carbocycles. The van der Waals surface area contributed by atoms with Crippen LogP contribution in [0.5, 0.6) is 0 Å². The number of benzene rings is 1. The molecule has 0 spiro atoms. The highest BCUT2D eigenvalue weighted by Gasteiger charge is 2.10. The molecule has 0 radical (unpaired) electrons. The van der Waals surface area contributed by atoms with Gasteiger partial charge in [0, 0.05) is 11.4 Å². The van der Waals surface area contributed by atoms with Gasteiger partial charge in [0.05, 0.1) is 10.7 Å². The zero-order valence-electron chi connectivity index (χ0n) is 10.6. The summed E-state index contributed by atoms with van der Waals surface area (Å²) in [6, 6.07) is 6.00. The van der Waals surface area contributed by atoms with Gasteiger partial charge in [-0.05, 0) is 50.4 Å². The Morgan fingerprint density at radius 3 is 2.72 bits per heavy atom. The molecule has 0 bridgehead atoms. The van der Waals surface area contributed by atoms with Gasteiger partial charge in [0.15, 0.2) is 0 Å². The van der Waals surface area contributed by atoms with E-state index in [1.165, 1.54) is 11.8 Å². The molecule has 0 fully saturated rings. The number of oxazole rings is 1. The van der Waals surface area contributed by atoms with Gasteiger partial charge in [0.1, 0.15) is 5.76 Å². The van der Waals surface area contributed by atoms with Crippen molar-refractivity contribution in [3.05, 3.63) is 40.2 Å². The van der Waals surface area contributed by atoms with Gasteiger partial charge in [-0.25, -0.2) is 4.98 Å². The van der Waals surface area contributed by atoms with Gasteiger partial charge in [0.25, 0.3) is 5.22 Å². The summed E-state index contributed by atoms with van der Waals surface area (Å²) in [5, 5.41) is 4.45. The Morgan fingerprint density at radius 1 is 1.39 bits per heavy atom. The van der Waals surface area contributed by atoms with Crippen molar-refractivity contribution < 1.29 is 4.42 Å². The summed E-state index contributed by atoms with van der Waals surface area (Å²) in [5.41, 5.74) is 2.08. The fraction of sp³-hybridized carbons (Fsp3) is 0.308. The minimum absolute atomic E-state index is 0.633. The van der Waals surface area contributed by atoms with Gasteiger partial charge in [-0.15, -0.1) is 0 Å². The summed E-state index contributed by atoms with van der Waals surface area (Å²) in [7, 11) is 1.91. The summed E-state index contributed by atoms with van der Waals surface area (Å²) in [4.78, 5) is 5.29. The lowest BCUT2D eigenvalue weighted by Crippen LogP contribution is -2.04. The average molecular weight is 283 g/mol. The zero-order chi connectivity index (χ0) is 13.1. The van der Waals surface area contributed by atoms with E-state index in [9.17, 15) is 0 Å². The standard InChI is InChI=1S/C13H15ClN2OS/c1-8-9(2)17-13(16-8)18-12-5-4-10(7-15-3)6-11(12)14/h4-6,15H,7H2,1-3H3. The van der Waals surface area contributed by atoms with E-state index in [4.69, 9.17) is 16.0 Å². The number of nitrogens with zero attached hydrogens (tertiary/aromatic N) is 1. The molecule has 5 heteroatoms. The Morgan fingerprint density at radius 2 is 2.17 bits per heavy atom. The van der Waals surface area contributed by atoms with Gasteiger partial charge in [0.2, 0.25) is 0 Å². The fourth-order valence-electron chi connectivity index (χ4n) is 1.52. The van der Waals surface area contributed by atoms with E-state index in [2.05, 4.69) is 10.3 Å². The number of hydrogen-bond donors (Lipinski definition) is 1. The van der Waals surface area contributed by atoms with E-state index in [1.54, 1.807) is 0 Å². The lowest BCUT2D eigenvalue weighted by Gasteiger charge is -2.04. The number of nitrogens with one attached hydrogen (secondary N) is 1. The summed E-state index contributed by atoms with van der Waals surface area (Å²) >= 11 is 7.69. The molecule has 1 aromatic carbocycles. The Balaban J connectivity index is 2.19. The third kappa shape index (κ3) is 3.07. The Labute approximate surface area is 116 Å². The van der Waals surface area contributed by atoms with Crippen molar-refractivity contribution in [2.24, 2.45) is 0 Å². The number of rotatable bonds is 4. The molecule has 0 aliphatic carbocycles. The molecule has 2 aromatic rings. The lowest BCUT2D eigenvalue weighted by atomic mass is 10.2. The van der Waals surface area contributed by atoms with Crippen molar-refractivity contribution in [2.75, 3.05) is 7.05 Å². The van der Waals surface area contributed by atoms with Crippen LogP contribution in [0.2, 0.25) is 5.02 Å². The zero-order valence-corrected chi connectivity index (χ0v) is 12.2. The molecular formula is C13H15ClN2OS. The quantitative estimate of drug-likeness (QED) is 0.925. The summed E-state index contributed by atoms with van der Waals surface area (Å²) in [6.07, 6.45) is 0. The van der Waals surface area contributed by atoms with Crippen LogP contribution in [0.1, 0.15) is 17.0 Å². The van der Waals surface area contributed by atoms with Crippen LogP contribution in [0.15, 0.2) is 32.7 Å². The minimum atomic E-state index is 0.633. The van der Waals surface area contributed by atoms with Gasteiger partial charge < -0.3 is 9.73 Å². The highest BCUT2D eigenvalue weighted by atomic mass is 35.5. The Bertz CT molecular complexity index is 534. The molecule has 0 atom stereocenters. The molecular weight excluding hydrogens is 268 g/mol. The van der Waals surface area contributed by atoms with Crippen LogP contribution in [0.3, 0.4) is 0 Å². The van der Waals surface area contributed by atoms with Crippen LogP contribution in [0.25, 0.3) is 0 Å². The molecule has 1 heterocycles. The second-order valence-corrected chi connectivity index (χ2v) is 5.42. The largest absolute Gasteiger partial charge is 0.436 e.